The maximum atomic E-state index is 8.93. The van der Waals surface area contributed by atoms with E-state index in [1.54, 1.807) is 36.7 Å². The number of nitrogens with one attached hydrogen (secondary N) is 1. The van der Waals surface area contributed by atoms with Gasteiger partial charge >= 0.3 is 0 Å². The average Bonchev–Trinajstić information content (AvgIpc) is 2.39. The lowest BCUT2D eigenvalue weighted by Crippen LogP contribution is -1.94. The predicted octanol–water partition coefficient (Wildman–Crippen LogP) is 2.57. The van der Waals surface area contributed by atoms with Crippen molar-refractivity contribution in [2.45, 2.75) is 0 Å². The van der Waals surface area contributed by atoms with Crippen molar-refractivity contribution in [3.05, 3.63) is 53.9 Å². The van der Waals surface area contributed by atoms with Crippen LogP contribution in [0.1, 0.15) is 11.1 Å². The molecule has 0 aliphatic rings. The zero-order valence-corrected chi connectivity index (χ0v) is 8.88. The van der Waals surface area contributed by atoms with E-state index in [4.69, 9.17) is 10.5 Å². The van der Waals surface area contributed by atoms with Crippen LogP contribution in [0.4, 0.5) is 11.4 Å². The lowest BCUT2D eigenvalue weighted by molar-refractivity contribution is 1.30. The van der Waals surface area contributed by atoms with Crippen LogP contribution in [0.25, 0.3) is 0 Å². The van der Waals surface area contributed by atoms with Gasteiger partial charge in [-0.05, 0) is 24.3 Å². The Kier molecular flexibility index (Phi) is 3.00. The first kappa shape index (κ1) is 10.7. The number of pyridine rings is 1. The van der Waals surface area contributed by atoms with Crippen LogP contribution in [0.15, 0.2) is 42.7 Å². The fourth-order valence-corrected chi connectivity index (χ4v) is 1.41. The molecule has 1 N–H and O–H groups in total. The van der Waals surface area contributed by atoms with Crippen molar-refractivity contribution in [2.24, 2.45) is 0 Å². The van der Waals surface area contributed by atoms with Gasteiger partial charge in [-0.3, -0.25) is 4.98 Å². The maximum Gasteiger partial charge on any atom is 0.101 e. The summed E-state index contributed by atoms with van der Waals surface area (Å²) in [5, 5.41) is 20.8. The molecule has 1 heterocycles. The zero-order valence-electron chi connectivity index (χ0n) is 8.88. The molecule has 2 aromatic rings. The third-order valence-corrected chi connectivity index (χ3v) is 2.21. The van der Waals surface area contributed by atoms with E-state index in [0.29, 0.717) is 16.8 Å². The smallest absolute Gasteiger partial charge is 0.101 e. The number of aromatic nitrogens is 1. The molecule has 0 bridgehead atoms. The number of anilines is 2. The van der Waals surface area contributed by atoms with Gasteiger partial charge in [0.1, 0.15) is 6.07 Å². The molecule has 1 aromatic heterocycles. The van der Waals surface area contributed by atoms with Gasteiger partial charge in [0.25, 0.3) is 0 Å². The minimum absolute atomic E-state index is 0.516. The molecule has 17 heavy (non-hydrogen) atoms. The second-order valence-electron chi connectivity index (χ2n) is 3.35. The van der Waals surface area contributed by atoms with Gasteiger partial charge in [0.05, 0.1) is 29.1 Å². The van der Waals surface area contributed by atoms with E-state index in [-0.39, 0.29) is 0 Å². The molecule has 0 saturated carbocycles. The minimum atomic E-state index is 0.516. The topological polar surface area (TPSA) is 72.5 Å². The van der Waals surface area contributed by atoms with Crippen molar-refractivity contribution >= 4 is 11.4 Å². The SMILES string of the molecule is N#Cc1cccc(Nc2cnccc2C#N)c1. The van der Waals surface area contributed by atoms with Gasteiger partial charge in [0.15, 0.2) is 0 Å². The highest BCUT2D eigenvalue weighted by Gasteiger charge is 2.02. The second-order valence-corrected chi connectivity index (χ2v) is 3.35. The van der Waals surface area contributed by atoms with Crippen LogP contribution in [-0.4, -0.2) is 4.98 Å². The summed E-state index contributed by atoms with van der Waals surface area (Å²) < 4.78 is 0. The quantitative estimate of drug-likeness (QED) is 0.844. The fourth-order valence-electron chi connectivity index (χ4n) is 1.41. The molecule has 0 atom stereocenters. The van der Waals surface area contributed by atoms with E-state index in [0.717, 1.165) is 5.69 Å². The Morgan fingerprint density at radius 1 is 1.12 bits per heavy atom. The molecule has 80 valence electrons. The van der Waals surface area contributed by atoms with Gasteiger partial charge in [0.2, 0.25) is 0 Å². The lowest BCUT2D eigenvalue weighted by atomic mass is 10.2. The molecule has 0 unspecified atom stereocenters. The first-order valence-corrected chi connectivity index (χ1v) is 4.95. The maximum absolute atomic E-state index is 8.93. The molecule has 4 nitrogen and oxygen atoms in total. The van der Waals surface area contributed by atoms with Crippen molar-refractivity contribution in [1.82, 2.24) is 4.98 Å². The Bertz CT molecular complexity index is 620. The molecule has 4 heteroatoms. The Balaban J connectivity index is 2.32. The second kappa shape index (κ2) is 4.78. The van der Waals surface area contributed by atoms with Gasteiger partial charge in [-0.25, -0.2) is 0 Å². The highest BCUT2D eigenvalue weighted by atomic mass is 14.9. The van der Waals surface area contributed by atoms with Crippen LogP contribution < -0.4 is 5.32 Å². The van der Waals surface area contributed by atoms with Crippen molar-refractivity contribution in [3.8, 4) is 12.1 Å². The number of hydrogen-bond acceptors (Lipinski definition) is 4. The molecule has 2 rings (SSSR count). The van der Waals surface area contributed by atoms with Gasteiger partial charge in [-0.1, -0.05) is 6.07 Å². The molecule has 0 spiro atoms. The standard InChI is InChI=1S/C13H8N4/c14-7-10-2-1-3-12(6-10)17-13-9-16-5-4-11(13)8-15/h1-6,9,17H. The molecule has 0 fully saturated rings. The first-order chi connectivity index (χ1) is 8.33. The third kappa shape index (κ3) is 2.39. The van der Waals surface area contributed by atoms with E-state index in [1.165, 1.54) is 0 Å². The Hall–Kier alpha value is -2.85. The van der Waals surface area contributed by atoms with Crippen LogP contribution in [0.5, 0.6) is 0 Å². The number of benzene rings is 1. The van der Waals surface area contributed by atoms with Gasteiger partial charge < -0.3 is 5.32 Å². The molecule has 0 aliphatic carbocycles. The average molecular weight is 220 g/mol. The summed E-state index contributed by atoms with van der Waals surface area (Å²) in [6.07, 6.45) is 3.15. The lowest BCUT2D eigenvalue weighted by Gasteiger charge is -2.07. The summed E-state index contributed by atoms with van der Waals surface area (Å²) in [6.45, 7) is 0. The summed E-state index contributed by atoms with van der Waals surface area (Å²) >= 11 is 0. The fraction of sp³-hybridized carbons (Fsp3) is 0. The molecular formula is C13H8N4. The van der Waals surface area contributed by atoms with E-state index in [2.05, 4.69) is 22.4 Å². The Labute approximate surface area is 98.8 Å². The van der Waals surface area contributed by atoms with Crippen molar-refractivity contribution in [1.29, 1.82) is 10.5 Å². The largest absolute Gasteiger partial charge is 0.353 e. The molecule has 1 aromatic carbocycles. The summed E-state index contributed by atoms with van der Waals surface area (Å²) in [5.74, 6) is 0. The zero-order chi connectivity index (χ0) is 12.1. The summed E-state index contributed by atoms with van der Waals surface area (Å²) in [6, 6.07) is 12.8. The number of hydrogen-bond donors (Lipinski definition) is 1. The van der Waals surface area contributed by atoms with Gasteiger partial charge in [-0.15, -0.1) is 0 Å². The Morgan fingerprint density at radius 3 is 2.76 bits per heavy atom. The predicted molar refractivity (Wildman–Crippen MR) is 63.4 cm³/mol. The van der Waals surface area contributed by atoms with Crippen molar-refractivity contribution in [3.63, 3.8) is 0 Å². The van der Waals surface area contributed by atoms with E-state index >= 15 is 0 Å². The number of nitrogens with zero attached hydrogens (tertiary/aromatic N) is 3. The Morgan fingerprint density at radius 2 is 2.00 bits per heavy atom. The van der Waals surface area contributed by atoms with Gasteiger partial charge in [0, 0.05) is 11.9 Å². The van der Waals surface area contributed by atoms with E-state index in [1.807, 2.05) is 6.07 Å². The van der Waals surface area contributed by atoms with Gasteiger partial charge in [-0.2, -0.15) is 10.5 Å². The summed E-state index contributed by atoms with van der Waals surface area (Å²) in [7, 11) is 0. The van der Waals surface area contributed by atoms with Crippen LogP contribution in [0.3, 0.4) is 0 Å². The van der Waals surface area contributed by atoms with Crippen LogP contribution in [-0.2, 0) is 0 Å². The molecule has 0 aliphatic heterocycles. The normalized spacial score (nSPS) is 9.06. The minimum Gasteiger partial charge on any atom is -0.353 e. The third-order valence-electron chi connectivity index (χ3n) is 2.21. The molecular weight excluding hydrogens is 212 g/mol. The highest BCUT2D eigenvalue weighted by molar-refractivity contribution is 5.66. The van der Waals surface area contributed by atoms with Crippen LogP contribution in [0.2, 0.25) is 0 Å². The number of nitriles is 2. The van der Waals surface area contributed by atoms with Crippen LogP contribution >= 0.6 is 0 Å². The van der Waals surface area contributed by atoms with Crippen molar-refractivity contribution in [2.75, 3.05) is 5.32 Å². The molecule has 0 amide bonds. The van der Waals surface area contributed by atoms with Crippen molar-refractivity contribution < 1.29 is 0 Å². The van der Waals surface area contributed by atoms with E-state index in [9.17, 15) is 0 Å². The summed E-state index contributed by atoms with van der Waals surface area (Å²) in [4.78, 5) is 3.95. The first-order valence-electron chi connectivity index (χ1n) is 4.95. The molecule has 0 radical (unpaired) electrons. The molecule has 0 saturated heterocycles. The number of rotatable bonds is 2. The van der Waals surface area contributed by atoms with E-state index < -0.39 is 0 Å². The monoisotopic (exact) mass is 220 g/mol. The van der Waals surface area contributed by atoms with Crippen LogP contribution in [0, 0.1) is 22.7 Å². The highest BCUT2D eigenvalue weighted by Crippen LogP contribution is 2.19. The summed E-state index contributed by atoms with van der Waals surface area (Å²) in [5.41, 5.74) is 2.47.